The van der Waals surface area contributed by atoms with E-state index in [0.717, 1.165) is 21.9 Å². The van der Waals surface area contributed by atoms with Crippen LogP contribution in [0.1, 0.15) is 18.1 Å². The van der Waals surface area contributed by atoms with Gasteiger partial charge in [-0.15, -0.1) is 0 Å². The molecule has 10 nitrogen and oxygen atoms in total. The normalized spacial score (nSPS) is 21.5. The van der Waals surface area contributed by atoms with Gasteiger partial charge in [-0.2, -0.15) is 0 Å². The van der Waals surface area contributed by atoms with Gasteiger partial charge in [0, 0.05) is 40.3 Å². The second kappa shape index (κ2) is 9.30. The zero-order valence-corrected chi connectivity index (χ0v) is 19.7. The van der Waals surface area contributed by atoms with Crippen molar-refractivity contribution in [3.63, 3.8) is 0 Å². The molecular formula is C23H31N6O4+. The van der Waals surface area contributed by atoms with Crippen molar-refractivity contribution in [2.24, 2.45) is 4.99 Å². The minimum absolute atomic E-state index is 0.271. The van der Waals surface area contributed by atoms with Crippen molar-refractivity contribution in [2.75, 3.05) is 53.4 Å². The van der Waals surface area contributed by atoms with E-state index in [-0.39, 0.29) is 18.0 Å². The maximum atomic E-state index is 13.1. The highest BCUT2D eigenvalue weighted by Gasteiger charge is 2.53. The van der Waals surface area contributed by atoms with Crippen LogP contribution in [0.25, 0.3) is 0 Å². The van der Waals surface area contributed by atoms with E-state index in [2.05, 4.69) is 11.0 Å². The molecule has 0 N–H and O–H groups in total. The Kier molecular flexibility index (Phi) is 6.46. The molecular weight excluding hydrogens is 424 g/mol. The number of amidine groups is 2. The molecule has 0 saturated carbocycles. The van der Waals surface area contributed by atoms with Gasteiger partial charge in [0.2, 0.25) is 0 Å². The summed E-state index contributed by atoms with van der Waals surface area (Å²) in [6.07, 6.45) is -0.285. The number of benzene rings is 1. The first-order valence-corrected chi connectivity index (χ1v) is 11.3. The summed E-state index contributed by atoms with van der Waals surface area (Å²) in [4.78, 5) is 49.0. The van der Waals surface area contributed by atoms with E-state index in [1.165, 1.54) is 11.9 Å². The fourth-order valence-electron chi connectivity index (χ4n) is 4.43. The Labute approximate surface area is 193 Å². The third-order valence-electron chi connectivity index (χ3n) is 6.48. The number of carbonyl (C=O) groups is 3. The van der Waals surface area contributed by atoms with E-state index in [4.69, 9.17) is 9.73 Å². The fourth-order valence-corrected chi connectivity index (χ4v) is 4.43. The number of nitrogens with zero attached hydrogens (tertiary/aromatic N) is 6. The molecule has 0 radical (unpaired) electrons. The molecule has 0 bridgehead atoms. The summed E-state index contributed by atoms with van der Waals surface area (Å²) in [5.41, 5.74) is 2.24. The number of aliphatic imine (C=N–C) groups is 1. The Morgan fingerprint density at radius 1 is 1.12 bits per heavy atom. The van der Waals surface area contributed by atoms with Crippen molar-refractivity contribution in [1.82, 2.24) is 19.6 Å². The Balaban J connectivity index is 1.60. The summed E-state index contributed by atoms with van der Waals surface area (Å²) in [7, 11) is 3.17. The lowest BCUT2D eigenvalue weighted by Gasteiger charge is -2.33. The average Bonchev–Trinajstić information content (AvgIpc) is 3.16. The van der Waals surface area contributed by atoms with Gasteiger partial charge in [-0.3, -0.25) is 19.5 Å². The quantitative estimate of drug-likeness (QED) is 0.618. The number of fused-ring (bicyclic) bond motifs is 1. The van der Waals surface area contributed by atoms with E-state index in [9.17, 15) is 14.4 Å². The van der Waals surface area contributed by atoms with Gasteiger partial charge in [-0.05, 0) is 30.0 Å². The van der Waals surface area contributed by atoms with Gasteiger partial charge in [0.25, 0.3) is 17.8 Å². The van der Waals surface area contributed by atoms with Crippen LogP contribution in [0.5, 0.6) is 0 Å². The molecule has 33 heavy (non-hydrogen) atoms. The fraction of sp³-hybridized carbons (Fsp3) is 0.522. The van der Waals surface area contributed by atoms with Crippen LogP contribution in [0.4, 0.5) is 9.59 Å². The topological polar surface area (TPSA) is 88.8 Å². The van der Waals surface area contributed by atoms with Crippen LogP contribution in [-0.2, 0) is 16.1 Å². The number of ether oxygens (including phenoxy) is 1. The largest absolute Gasteiger partial charge is 0.450 e. The Bertz CT molecular complexity index is 1030. The van der Waals surface area contributed by atoms with E-state index in [0.29, 0.717) is 51.7 Å². The molecule has 0 aliphatic carbocycles. The van der Waals surface area contributed by atoms with Gasteiger partial charge in [0.15, 0.2) is 0 Å². The lowest BCUT2D eigenvalue weighted by Crippen LogP contribution is -2.61. The lowest BCUT2D eigenvalue weighted by atomic mass is 10.1. The average molecular weight is 456 g/mol. The third kappa shape index (κ3) is 4.35. The van der Waals surface area contributed by atoms with Crippen LogP contribution in [0.3, 0.4) is 0 Å². The highest BCUT2D eigenvalue weighted by Crippen LogP contribution is 2.22. The molecule has 3 aliphatic rings. The maximum Gasteiger partial charge on any atom is 0.409 e. The smallest absolute Gasteiger partial charge is 0.409 e. The van der Waals surface area contributed by atoms with Gasteiger partial charge in [-0.1, -0.05) is 24.3 Å². The molecule has 2 saturated heterocycles. The number of urea groups is 1. The Morgan fingerprint density at radius 2 is 1.82 bits per heavy atom. The molecule has 10 heteroatoms. The lowest BCUT2D eigenvalue weighted by molar-refractivity contribution is -0.552. The summed E-state index contributed by atoms with van der Waals surface area (Å²) >= 11 is 0. The molecule has 4 rings (SSSR count). The Morgan fingerprint density at radius 3 is 2.48 bits per heavy atom. The number of piperazine rings is 1. The van der Waals surface area contributed by atoms with E-state index >= 15 is 0 Å². The predicted octanol–water partition coefficient (Wildman–Crippen LogP) is 0.985. The highest BCUT2D eigenvalue weighted by molar-refractivity contribution is 6.23. The molecule has 2 fully saturated rings. The SMILES string of the molecule is CCOC(=O)N1CCN(CC2=[N+](Cc3ccccc3C)C3C(=O)N(C)C(=O)N(C)C3=N2)CC1. The number of amides is 4. The number of carbonyl (C=O) groups excluding carboxylic acids is 3. The predicted molar refractivity (Wildman–Crippen MR) is 122 cm³/mol. The van der Waals surface area contributed by atoms with Crippen LogP contribution in [-0.4, -0.2) is 113 Å². The van der Waals surface area contributed by atoms with Crippen molar-refractivity contribution in [3.8, 4) is 0 Å². The minimum atomic E-state index is -0.631. The van der Waals surface area contributed by atoms with E-state index < -0.39 is 6.04 Å². The summed E-state index contributed by atoms with van der Waals surface area (Å²) < 4.78 is 7.12. The molecule has 0 aromatic heterocycles. The van der Waals surface area contributed by atoms with Gasteiger partial charge in [-0.25, -0.2) is 14.2 Å². The van der Waals surface area contributed by atoms with Crippen molar-refractivity contribution in [1.29, 1.82) is 0 Å². The minimum Gasteiger partial charge on any atom is -0.450 e. The van der Waals surface area contributed by atoms with Crippen LogP contribution in [0, 0.1) is 6.92 Å². The molecule has 4 amide bonds. The monoisotopic (exact) mass is 455 g/mol. The van der Waals surface area contributed by atoms with E-state index in [1.54, 1.807) is 18.9 Å². The number of aryl methyl sites for hydroxylation is 1. The summed E-state index contributed by atoms with van der Waals surface area (Å²) in [6, 6.07) is 7.06. The van der Waals surface area contributed by atoms with Crippen molar-refractivity contribution < 1.29 is 23.7 Å². The van der Waals surface area contributed by atoms with Crippen LogP contribution < -0.4 is 0 Å². The maximum absolute atomic E-state index is 13.1. The molecule has 3 aliphatic heterocycles. The summed E-state index contributed by atoms with van der Waals surface area (Å²) in [5.74, 6) is 0.954. The van der Waals surface area contributed by atoms with Crippen molar-refractivity contribution in [3.05, 3.63) is 35.4 Å². The zero-order chi connectivity index (χ0) is 23.7. The van der Waals surface area contributed by atoms with Gasteiger partial charge >= 0.3 is 18.0 Å². The molecule has 1 atom stereocenters. The molecule has 1 unspecified atom stereocenters. The second-order valence-electron chi connectivity index (χ2n) is 8.54. The Hall–Kier alpha value is -3.27. The van der Waals surface area contributed by atoms with Crippen LogP contribution >= 0.6 is 0 Å². The molecule has 3 heterocycles. The second-order valence-corrected chi connectivity index (χ2v) is 8.54. The number of rotatable bonds is 5. The third-order valence-corrected chi connectivity index (χ3v) is 6.48. The van der Waals surface area contributed by atoms with Crippen molar-refractivity contribution in [2.45, 2.75) is 26.4 Å². The van der Waals surface area contributed by atoms with Crippen LogP contribution in [0.2, 0.25) is 0 Å². The first-order valence-electron chi connectivity index (χ1n) is 11.3. The molecule has 0 spiro atoms. The molecule has 1 aromatic carbocycles. The van der Waals surface area contributed by atoms with Crippen molar-refractivity contribution >= 4 is 29.7 Å². The standard InChI is InChI=1S/C23H31N6O4/c1-5-33-23(32)28-12-10-27(11-13-28)15-18-24-20-19(21(30)26(4)22(31)25(20)3)29(18)14-17-9-7-6-8-16(17)2/h6-9,19H,5,10-15H2,1-4H3/q+1. The number of hydrogen-bond donors (Lipinski definition) is 0. The first-order chi connectivity index (χ1) is 15.8. The van der Waals surface area contributed by atoms with Gasteiger partial charge in [0.1, 0.15) is 13.1 Å². The number of imide groups is 1. The van der Waals surface area contributed by atoms with E-state index in [1.807, 2.05) is 29.7 Å². The summed E-state index contributed by atoms with van der Waals surface area (Å²) in [6.45, 7) is 7.76. The highest BCUT2D eigenvalue weighted by atomic mass is 16.6. The zero-order valence-electron chi connectivity index (χ0n) is 19.7. The number of likely N-dealkylation sites (N-methyl/N-ethyl adjacent to an activating group) is 2. The number of hydrogen-bond acceptors (Lipinski definition) is 6. The summed E-state index contributed by atoms with van der Waals surface area (Å²) in [5, 5.41) is 0. The van der Waals surface area contributed by atoms with Crippen LogP contribution in [0.15, 0.2) is 29.3 Å². The molecule has 1 aromatic rings. The van der Waals surface area contributed by atoms with Gasteiger partial charge < -0.3 is 9.64 Å². The van der Waals surface area contributed by atoms with Gasteiger partial charge in [0.05, 0.1) is 6.61 Å². The first kappa shape index (κ1) is 22.9. The molecule has 176 valence electrons.